The van der Waals surface area contributed by atoms with Crippen LogP contribution in [0.15, 0.2) is 23.4 Å². The lowest BCUT2D eigenvalue weighted by Crippen LogP contribution is -2.16. The molecule has 4 nitrogen and oxygen atoms in total. The van der Waals surface area contributed by atoms with Gasteiger partial charge in [0.05, 0.1) is 6.54 Å². The Kier molecular flexibility index (Phi) is 5.05. The quantitative estimate of drug-likeness (QED) is 0.182. The molecule has 0 saturated heterocycles. The first-order valence-corrected chi connectivity index (χ1v) is 5.36. The van der Waals surface area contributed by atoms with Gasteiger partial charge in [0.2, 0.25) is 0 Å². The molecule has 0 aliphatic carbocycles. The number of benzene rings is 1. The molecule has 1 aromatic rings. The maximum atomic E-state index is 8.58. The maximum Gasteiger partial charge on any atom is 0.170 e. The number of rotatable bonds is 4. The minimum absolute atomic E-state index is 0.129. The summed E-state index contributed by atoms with van der Waals surface area (Å²) in [6.07, 6.45) is 0. The van der Waals surface area contributed by atoms with E-state index in [1.165, 1.54) is 5.56 Å². The third-order valence-corrected chi connectivity index (χ3v) is 2.45. The molecule has 0 heterocycles. The molecule has 17 heavy (non-hydrogen) atoms. The first-order valence-electron chi connectivity index (χ1n) is 5.36. The highest BCUT2D eigenvalue weighted by Gasteiger charge is 2.02. The topological polar surface area (TPSA) is 70.6 Å². The summed E-state index contributed by atoms with van der Waals surface area (Å²) in [5.74, 6) is 5.90. The molecule has 0 amide bonds. The second-order valence-electron chi connectivity index (χ2n) is 3.66. The second kappa shape index (κ2) is 6.56. The molecule has 0 aliphatic rings. The van der Waals surface area contributed by atoms with Crippen molar-refractivity contribution in [3.05, 3.63) is 34.9 Å². The zero-order valence-electron chi connectivity index (χ0n) is 10.1. The molecular formula is C13H17N3O. The molecule has 0 radical (unpaired) electrons. The molecule has 4 N–H and O–H groups in total. The number of nitrogens with two attached hydrogens (primary N) is 1. The Morgan fingerprint density at radius 3 is 2.88 bits per heavy atom. The number of hydrogen-bond acceptors (Lipinski definition) is 3. The van der Waals surface area contributed by atoms with Crippen LogP contribution in [-0.4, -0.2) is 17.6 Å². The van der Waals surface area contributed by atoms with Crippen LogP contribution in [0, 0.1) is 18.8 Å². The molecule has 0 spiro atoms. The van der Waals surface area contributed by atoms with E-state index in [0.717, 1.165) is 17.7 Å². The van der Waals surface area contributed by atoms with Gasteiger partial charge in [-0.1, -0.05) is 23.2 Å². The average molecular weight is 231 g/mol. The number of nitrogens with zero attached hydrogens (tertiary/aromatic N) is 1. The Morgan fingerprint density at radius 2 is 2.29 bits per heavy atom. The fraction of sp³-hybridized carbons (Fsp3) is 0.308. The molecule has 1 aromatic carbocycles. The van der Waals surface area contributed by atoms with Crippen molar-refractivity contribution in [2.45, 2.75) is 20.4 Å². The highest BCUT2D eigenvalue weighted by Crippen LogP contribution is 2.10. The van der Waals surface area contributed by atoms with Crippen LogP contribution in [0.1, 0.15) is 23.6 Å². The van der Waals surface area contributed by atoms with Crippen LogP contribution >= 0.6 is 0 Å². The van der Waals surface area contributed by atoms with Crippen molar-refractivity contribution in [1.82, 2.24) is 5.32 Å². The van der Waals surface area contributed by atoms with E-state index in [2.05, 4.69) is 22.3 Å². The molecule has 0 aromatic heterocycles. The van der Waals surface area contributed by atoms with Crippen molar-refractivity contribution in [2.24, 2.45) is 10.9 Å². The van der Waals surface area contributed by atoms with E-state index in [1.54, 1.807) is 0 Å². The van der Waals surface area contributed by atoms with Crippen molar-refractivity contribution in [2.75, 3.05) is 6.54 Å². The number of amidine groups is 1. The monoisotopic (exact) mass is 231 g/mol. The smallest absolute Gasteiger partial charge is 0.170 e. The fourth-order valence-electron chi connectivity index (χ4n) is 1.46. The van der Waals surface area contributed by atoms with Crippen LogP contribution in [0.25, 0.3) is 0 Å². The highest BCUT2D eigenvalue weighted by molar-refractivity contribution is 5.97. The van der Waals surface area contributed by atoms with E-state index in [1.807, 2.05) is 32.0 Å². The van der Waals surface area contributed by atoms with E-state index >= 15 is 0 Å². The van der Waals surface area contributed by atoms with Gasteiger partial charge < -0.3 is 16.3 Å². The minimum atomic E-state index is 0.129. The molecule has 0 atom stereocenters. The van der Waals surface area contributed by atoms with Gasteiger partial charge in [0.1, 0.15) is 0 Å². The maximum absolute atomic E-state index is 8.58. The normalized spacial score (nSPS) is 10.8. The van der Waals surface area contributed by atoms with Gasteiger partial charge in [-0.15, -0.1) is 5.92 Å². The van der Waals surface area contributed by atoms with Crippen molar-refractivity contribution in [3.8, 4) is 11.8 Å². The zero-order chi connectivity index (χ0) is 12.7. The Morgan fingerprint density at radius 1 is 1.53 bits per heavy atom. The van der Waals surface area contributed by atoms with E-state index in [0.29, 0.717) is 6.54 Å². The second-order valence-corrected chi connectivity index (χ2v) is 3.66. The molecule has 0 aliphatic heterocycles. The summed E-state index contributed by atoms with van der Waals surface area (Å²) in [5.41, 5.74) is 8.52. The van der Waals surface area contributed by atoms with Crippen molar-refractivity contribution in [3.63, 3.8) is 0 Å². The van der Waals surface area contributed by atoms with Crippen LogP contribution in [0.2, 0.25) is 0 Å². The summed E-state index contributed by atoms with van der Waals surface area (Å²) in [6, 6.07) is 5.71. The summed E-state index contributed by atoms with van der Waals surface area (Å²) < 4.78 is 0. The van der Waals surface area contributed by atoms with Gasteiger partial charge in [-0.05, 0) is 31.0 Å². The van der Waals surface area contributed by atoms with Gasteiger partial charge >= 0.3 is 0 Å². The van der Waals surface area contributed by atoms with Gasteiger partial charge in [-0.3, -0.25) is 0 Å². The highest BCUT2D eigenvalue weighted by atomic mass is 16.4. The van der Waals surface area contributed by atoms with E-state index in [-0.39, 0.29) is 5.84 Å². The summed E-state index contributed by atoms with van der Waals surface area (Å²) >= 11 is 0. The summed E-state index contributed by atoms with van der Waals surface area (Å²) in [4.78, 5) is 0. The molecule has 90 valence electrons. The lowest BCUT2D eigenvalue weighted by atomic mass is 10.0. The molecule has 4 heteroatoms. The zero-order valence-corrected chi connectivity index (χ0v) is 10.1. The van der Waals surface area contributed by atoms with Crippen molar-refractivity contribution in [1.29, 1.82) is 0 Å². The molecule has 1 rings (SSSR count). The van der Waals surface area contributed by atoms with Crippen LogP contribution in [0.4, 0.5) is 0 Å². The Bertz CT molecular complexity index is 469. The van der Waals surface area contributed by atoms with E-state index in [4.69, 9.17) is 10.9 Å². The molecule has 0 saturated carbocycles. The Labute approximate surface area is 102 Å². The average Bonchev–Trinajstić information content (AvgIpc) is 2.35. The lowest BCUT2D eigenvalue weighted by Gasteiger charge is -2.08. The lowest BCUT2D eigenvalue weighted by molar-refractivity contribution is 0.318. The van der Waals surface area contributed by atoms with Crippen LogP contribution in [0.3, 0.4) is 0 Å². The van der Waals surface area contributed by atoms with E-state index < -0.39 is 0 Å². The van der Waals surface area contributed by atoms with Gasteiger partial charge in [-0.2, -0.15) is 0 Å². The SMILES string of the molecule is CC#CCNCc1ccc(/C(N)=N/O)cc1C. The molecule has 0 fully saturated rings. The number of hydrogen-bond donors (Lipinski definition) is 3. The van der Waals surface area contributed by atoms with Gasteiger partial charge in [0.25, 0.3) is 0 Å². The Hall–Kier alpha value is -1.99. The Balaban J connectivity index is 2.72. The number of oxime groups is 1. The summed E-state index contributed by atoms with van der Waals surface area (Å²) in [7, 11) is 0. The fourth-order valence-corrected chi connectivity index (χ4v) is 1.46. The van der Waals surface area contributed by atoms with Crippen molar-refractivity contribution < 1.29 is 5.21 Å². The number of aryl methyl sites for hydroxylation is 1. The van der Waals surface area contributed by atoms with Crippen molar-refractivity contribution >= 4 is 5.84 Å². The van der Waals surface area contributed by atoms with E-state index in [9.17, 15) is 0 Å². The minimum Gasteiger partial charge on any atom is -0.409 e. The largest absolute Gasteiger partial charge is 0.409 e. The summed E-state index contributed by atoms with van der Waals surface area (Å²) in [5, 5.41) is 14.8. The third-order valence-electron chi connectivity index (χ3n) is 2.45. The van der Waals surface area contributed by atoms with Crippen LogP contribution < -0.4 is 11.1 Å². The first kappa shape index (κ1) is 13.1. The molecular weight excluding hydrogens is 214 g/mol. The summed E-state index contributed by atoms with van der Waals surface area (Å²) in [6.45, 7) is 5.25. The van der Waals surface area contributed by atoms with Gasteiger partial charge in [-0.25, -0.2) is 0 Å². The predicted molar refractivity (Wildman–Crippen MR) is 68.8 cm³/mol. The standard InChI is InChI=1S/C13H17N3O/c1-3-4-7-15-9-12-6-5-11(8-10(12)2)13(14)16-17/h5-6,8,15,17H,7,9H2,1-2H3,(H2,14,16). The van der Waals surface area contributed by atoms with Crippen LogP contribution in [0.5, 0.6) is 0 Å². The third kappa shape index (κ3) is 3.82. The van der Waals surface area contributed by atoms with Gasteiger partial charge in [0, 0.05) is 12.1 Å². The molecule has 0 bridgehead atoms. The van der Waals surface area contributed by atoms with Gasteiger partial charge in [0.15, 0.2) is 5.84 Å². The first-order chi connectivity index (χ1) is 8.19. The number of nitrogens with one attached hydrogen (secondary N) is 1. The molecule has 0 unspecified atom stereocenters. The van der Waals surface area contributed by atoms with Crippen LogP contribution in [-0.2, 0) is 6.54 Å². The predicted octanol–water partition coefficient (Wildman–Crippen LogP) is 1.20.